The summed E-state index contributed by atoms with van der Waals surface area (Å²) in [6, 6.07) is 0. The third-order valence-corrected chi connectivity index (χ3v) is 5.41. The SMILES string of the molecule is C=C(/C=C\C(=C)C(=C)/C=C(/F)C(=C)C(=C)/C=C(/F)C(=C)C(=C)/C=C(/F)C(=C)F)OC(F)(F)C(C)CCC(C)C. The molecule has 212 valence electrons. The van der Waals surface area contributed by atoms with Crippen molar-refractivity contribution in [2.75, 3.05) is 0 Å². The molecule has 7 heteroatoms. The average Bonchev–Trinajstić information content (AvgIpc) is 2.83. The van der Waals surface area contributed by atoms with Gasteiger partial charge in [-0.3, -0.25) is 0 Å². The molecule has 0 spiro atoms. The van der Waals surface area contributed by atoms with E-state index in [1.165, 1.54) is 13.0 Å². The van der Waals surface area contributed by atoms with E-state index in [-0.39, 0.29) is 46.0 Å². The Hall–Kier alpha value is -3.74. The Bertz CT molecular complexity index is 1170. The molecule has 0 aliphatic heterocycles. The minimum atomic E-state index is -3.43. The molecule has 0 N–H and O–H groups in total. The molecule has 0 saturated heterocycles. The molecule has 1 atom stereocenters. The van der Waals surface area contributed by atoms with Crippen LogP contribution in [0.1, 0.15) is 33.6 Å². The zero-order valence-corrected chi connectivity index (χ0v) is 22.8. The van der Waals surface area contributed by atoms with Gasteiger partial charge in [0, 0.05) is 11.1 Å². The second kappa shape index (κ2) is 15.6. The number of ether oxygens (including phenoxy) is 1. The lowest BCUT2D eigenvalue weighted by Crippen LogP contribution is -2.29. The Morgan fingerprint density at radius 3 is 1.51 bits per heavy atom. The molecular formula is C32H36F6O. The number of alkyl halides is 2. The first-order valence-corrected chi connectivity index (χ1v) is 11.9. The highest BCUT2D eigenvalue weighted by Gasteiger charge is 2.38. The third kappa shape index (κ3) is 12.6. The van der Waals surface area contributed by atoms with Crippen molar-refractivity contribution in [3.63, 3.8) is 0 Å². The largest absolute Gasteiger partial charge is 0.433 e. The van der Waals surface area contributed by atoms with Crippen molar-refractivity contribution in [3.8, 4) is 0 Å². The van der Waals surface area contributed by atoms with Gasteiger partial charge in [-0.05, 0) is 58.9 Å². The van der Waals surface area contributed by atoms with Gasteiger partial charge in [0.25, 0.3) is 0 Å². The van der Waals surface area contributed by atoms with E-state index >= 15 is 0 Å². The Labute approximate surface area is 228 Å². The van der Waals surface area contributed by atoms with Crippen LogP contribution >= 0.6 is 0 Å². The molecule has 0 fully saturated rings. The van der Waals surface area contributed by atoms with Crippen molar-refractivity contribution in [1.29, 1.82) is 0 Å². The van der Waals surface area contributed by atoms with Crippen molar-refractivity contribution in [3.05, 3.63) is 146 Å². The lowest BCUT2D eigenvalue weighted by molar-refractivity contribution is -0.244. The van der Waals surface area contributed by atoms with Crippen LogP contribution in [0.2, 0.25) is 0 Å². The Kier molecular flexibility index (Phi) is 14.1. The summed E-state index contributed by atoms with van der Waals surface area (Å²) >= 11 is 0. The monoisotopic (exact) mass is 550 g/mol. The molecule has 0 saturated carbocycles. The fourth-order valence-corrected chi connectivity index (χ4v) is 2.65. The van der Waals surface area contributed by atoms with Crippen LogP contribution in [0.5, 0.6) is 0 Å². The average molecular weight is 551 g/mol. The molecule has 39 heavy (non-hydrogen) atoms. The van der Waals surface area contributed by atoms with Gasteiger partial charge in [-0.15, -0.1) is 0 Å². The van der Waals surface area contributed by atoms with Crippen LogP contribution in [-0.4, -0.2) is 6.11 Å². The molecule has 1 unspecified atom stereocenters. The van der Waals surface area contributed by atoms with Crippen molar-refractivity contribution in [1.82, 2.24) is 0 Å². The normalized spacial score (nSPS) is 13.7. The van der Waals surface area contributed by atoms with Crippen LogP contribution in [0.4, 0.5) is 26.3 Å². The van der Waals surface area contributed by atoms with Crippen molar-refractivity contribution in [2.24, 2.45) is 11.8 Å². The number of halogens is 6. The lowest BCUT2D eigenvalue weighted by atomic mass is 9.98. The summed E-state index contributed by atoms with van der Waals surface area (Å²) in [5, 5.41) is 0. The molecule has 0 aromatic carbocycles. The third-order valence-electron chi connectivity index (χ3n) is 5.41. The summed E-state index contributed by atoms with van der Waals surface area (Å²) in [6.07, 6.45) is 2.24. The highest BCUT2D eigenvalue weighted by atomic mass is 19.3. The predicted molar refractivity (Wildman–Crippen MR) is 150 cm³/mol. The van der Waals surface area contributed by atoms with Crippen LogP contribution in [0.25, 0.3) is 0 Å². The molecule has 0 aromatic rings. The highest BCUT2D eigenvalue weighted by molar-refractivity contribution is 5.55. The van der Waals surface area contributed by atoms with E-state index in [0.717, 1.165) is 18.2 Å². The molecule has 0 heterocycles. The quantitative estimate of drug-likeness (QED) is 0.0994. The predicted octanol–water partition coefficient (Wildman–Crippen LogP) is 11.1. The van der Waals surface area contributed by atoms with Gasteiger partial charge < -0.3 is 4.74 Å². The highest BCUT2D eigenvalue weighted by Crippen LogP contribution is 2.33. The van der Waals surface area contributed by atoms with Crippen LogP contribution in [0.3, 0.4) is 0 Å². The van der Waals surface area contributed by atoms with E-state index in [2.05, 4.69) is 52.6 Å². The first-order chi connectivity index (χ1) is 17.8. The molecule has 0 aromatic heterocycles. The van der Waals surface area contributed by atoms with Gasteiger partial charge in [0.1, 0.15) is 17.4 Å². The minimum absolute atomic E-state index is 0.0527. The van der Waals surface area contributed by atoms with E-state index in [0.29, 0.717) is 12.5 Å². The van der Waals surface area contributed by atoms with E-state index in [1.54, 1.807) is 0 Å². The molecule has 0 amide bonds. The van der Waals surface area contributed by atoms with E-state index in [9.17, 15) is 26.3 Å². The van der Waals surface area contributed by atoms with Gasteiger partial charge in [0.2, 0.25) is 0 Å². The molecule has 0 radical (unpaired) electrons. The number of hydrogen-bond acceptors (Lipinski definition) is 1. The summed E-state index contributed by atoms with van der Waals surface area (Å²) < 4.78 is 88.6. The molecular weight excluding hydrogens is 514 g/mol. The van der Waals surface area contributed by atoms with Crippen LogP contribution < -0.4 is 0 Å². The lowest BCUT2D eigenvalue weighted by Gasteiger charge is -2.24. The summed E-state index contributed by atoms with van der Waals surface area (Å²) in [4.78, 5) is 0. The van der Waals surface area contributed by atoms with Crippen molar-refractivity contribution >= 4 is 0 Å². The van der Waals surface area contributed by atoms with Crippen LogP contribution in [-0.2, 0) is 4.74 Å². The van der Waals surface area contributed by atoms with Gasteiger partial charge in [-0.1, -0.05) is 85.9 Å². The minimum Gasteiger partial charge on any atom is -0.433 e. The van der Waals surface area contributed by atoms with E-state index < -0.39 is 40.9 Å². The van der Waals surface area contributed by atoms with Crippen molar-refractivity contribution < 1.29 is 31.1 Å². The summed E-state index contributed by atoms with van der Waals surface area (Å²) in [6.45, 7) is 32.7. The fourth-order valence-electron chi connectivity index (χ4n) is 2.65. The molecule has 0 aliphatic carbocycles. The molecule has 0 rings (SSSR count). The van der Waals surface area contributed by atoms with Gasteiger partial charge in [0.05, 0.1) is 5.92 Å². The molecule has 0 aliphatic rings. The molecule has 1 nitrogen and oxygen atoms in total. The Balaban J connectivity index is 5.29. The Morgan fingerprint density at radius 1 is 0.641 bits per heavy atom. The zero-order chi connectivity index (χ0) is 30.7. The zero-order valence-electron chi connectivity index (χ0n) is 22.8. The molecule has 0 bridgehead atoms. The summed E-state index contributed by atoms with van der Waals surface area (Å²) in [5.41, 5.74) is -0.979. The summed E-state index contributed by atoms with van der Waals surface area (Å²) in [7, 11) is 0. The van der Waals surface area contributed by atoms with Crippen LogP contribution in [0.15, 0.2) is 146 Å². The maximum Gasteiger partial charge on any atom is 0.400 e. The van der Waals surface area contributed by atoms with Gasteiger partial charge in [-0.25, -0.2) is 17.6 Å². The Morgan fingerprint density at radius 2 is 1.08 bits per heavy atom. The van der Waals surface area contributed by atoms with Gasteiger partial charge in [-0.2, -0.15) is 8.78 Å². The van der Waals surface area contributed by atoms with Gasteiger partial charge >= 0.3 is 6.11 Å². The van der Waals surface area contributed by atoms with Crippen LogP contribution in [0, 0.1) is 11.8 Å². The van der Waals surface area contributed by atoms with Crippen molar-refractivity contribution in [2.45, 2.75) is 39.7 Å². The maximum absolute atomic E-state index is 14.7. The number of rotatable bonds is 17. The number of allylic oxidation sites excluding steroid dienone is 15. The van der Waals surface area contributed by atoms with E-state index in [1.807, 2.05) is 13.8 Å². The summed E-state index contributed by atoms with van der Waals surface area (Å²) in [5.74, 6) is -5.75. The smallest absolute Gasteiger partial charge is 0.400 e. The van der Waals surface area contributed by atoms with Gasteiger partial charge in [0.15, 0.2) is 11.7 Å². The van der Waals surface area contributed by atoms with E-state index in [4.69, 9.17) is 4.74 Å². The maximum atomic E-state index is 14.7. The standard InChI is InChI=1S/C32H36F6O/c1-19(2)12-14-24(7)32(37,38)39-25(8)15-13-20(3)21(4)16-29(34)26(9)22(5)17-30(35)27(10)23(6)18-31(36)28(11)33/h13,15-19,24H,3-6,8-12,14H2,1-2,7H3/b15-13-,29-16+,30-17+,31-18+. The topological polar surface area (TPSA) is 9.23 Å². The first-order valence-electron chi connectivity index (χ1n) is 11.9. The second-order valence-corrected chi connectivity index (χ2v) is 9.28. The second-order valence-electron chi connectivity index (χ2n) is 9.28. The number of hydrogen-bond donors (Lipinski definition) is 0. The fraction of sp³-hybridized carbons (Fsp3) is 0.250. The first kappa shape index (κ1) is 35.3.